The Morgan fingerprint density at radius 3 is 2.95 bits per heavy atom. The maximum atomic E-state index is 11.9. The molecule has 0 saturated heterocycles. The van der Waals surface area contributed by atoms with Crippen molar-refractivity contribution in [2.24, 2.45) is 7.05 Å². The van der Waals surface area contributed by atoms with Gasteiger partial charge < -0.3 is 10.6 Å². The lowest BCUT2D eigenvalue weighted by molar-refractivity contribution is -0.115. The van der Waals surface area contributed by atoms with E-state index in [1.165, 1.54) is 0 Å². The zero-order valence-electron chi connectivity index (χ0n) is 12.2. The van der Waals surface area contributed by atoms with E-state index in [0.29, 0.717) is 6.54 Å². The van der Waals surface area contributed by atoms with Crippen molar-refractivity contribution in [3.8, 4) is 0 Å². The van der Waals surface area contributed by atoms with Crippen molar-refractivity contribution in [2.75, 3.05) is 11.9 Å². The van der Waals surface area contributed by atoms with E-state index in [1.807, 2.05) is 37.5 Å². The van der Waals surface area contributed by atoms with Crippen molar-refractivity contribution >= 4 is 27.5 Å². The standard InChI is InChI=1S/C15H19BrN4O/c1-3-14-11(10-20(2)19-14)8-17-9-15(21)18-13-6-4-5-12(16)7-13/h4-7,10,17H,3,8-9H2,1-2H3,(H,18,21). The number of carbonyl (C=O) groups excluding carboxylic acids is 1. The molecule has 1 aromatic carbocycles. The fourth-order valence-electron chi connectivity index (χ4n) is 2.11. The number of carbonyl (C=O) groups is 1. The van der Waals surface area contributed by atoms with E-state index in [9.17, 15) is 4.79 Å². The van der Waals surface area contributed by atoms with Gasteiger partial charge in [-0.05, 0) is 24.6 Å². The van der Waals surface area contributed by atoms with Gasteiger partial charge in [0.1, 0.15) is 0 Å². The summed E-state index contributed by atoms with van der Waals surface area (Å²) in [5, 5.41) is 10.4. The Hall–Kier alpha value is -1.66. The minimum Gasteiger partial charge on any atom is -0.325 e. The lowest BCUT2D eigenvalue weighted by Gasteiger charge is -2.07. The molecule has 0 spiro atoms. The normalized spacial score (nSPS) is 10.6. The number of halogens is 1. The van der Waals surface area contributed by atoms with E-state index in [4.69, 9.17) is 0 Å². The molecule has 1 amide bonds. The van der Waals surface area contributed by atoms with Gasteiger partial charge in [0.15, 0.2) is 0 Å². The number of amides is 1. The SMILES string of the molecule is CCc1nn(C)cc1CNCC(=O)Nc1cccc(Br)c1. The van der Waals surface area contributed by atoms with E-state index in [0.717, 1.165) is 27.8 Å². The van der Waals surface area contributed by atoms with E-state index in [1.54, 1.807) is 4.68 Å². The summed E-state index contributed by atoms with van der Waals surface area (Å²) in [5.41, 5.74) is 2.99. The Labute approximate surface area is 132 Å². The molecule has 0 aliphatic rings. The summed E-state index contributed by atoms with van der Waals surface area (Å²) < 4.78 is 2.74. The van der Waals surface area contributed by atoms with Gasteiger partial charge in [-0.25, -0.2) is 0 Å². The highest BCUT2D eigenvalue weighted by atomic mass is 79.9. The molecule has 0 atom stereocenters. The maximum Gasteiger partial charge on any atom is 0.238 e. The summed E-state index contributed by atoms with van der Waals surface area (Å²) in [6.07, 6.45) is 2.88. The average Bonchev–Trinajstić information content (AvgIpc) is 2.79. The molecule has 0 unspecified atom stereocenters. The van der Waals surface area contributed by atoms with Crippen molar-refractivity contribution < 1.29 is 4.79 Å². The van der Waals surface area contributed by atoms with Crippen molar-refractivity contribution in [3.63, 3.8) is 0 Å². The van der Waals surface area contributed by atoms with Crippen LogP contribution >= 0.6 is 15.9 Å². The van der Waals surface area contributed by atoms with Crippen LogP contribution in [0.2, 0.25) is 0 Å². The molecule has 0 aliphatic heterocycles. The van der Waals surface area contributed by atoms with Crippen LogP contribution in [0.15, 0.2) is 34.9 Å². The highest BCUT2D eigenvalue weighted by molar-refractivity contribution is 9.10. The van der Waals surface area contributed by atoms with Gasteiger partial charge in [0.25, 0.3) is 0 Å². The van der Waals surface area contributed by atoms with E-state index in [2.05, 4.69) is 38.6 Å². The monoisotopic (exact) mass is 350 g/mol. The molecule has 0 bridgehead atoms. The quantitative estimate of drug-likeness (QED) is 0.841. The minimum atomic E-state index is -0.0601. The smallest absolute Gasteiger partial charge is 0.238 e. The van der Waals surface area contributed by atoms with Crippen LogP contribution < -0.4 is 10.6 Å². The number of aryl methyl sites for hydroxylation is 2. The zero-order chi connectivity index (χ0) is 15.2. The fourth-order valence-corrected chi connectivity index (χ4v) is 2.51. The molecule has 2 aromatic rings. The summed E-state index contributed by atoms with van der Waals surface area (Å²) in [6.45, 7) is 2.99. The topological polar surface area (TPSA) is 59.0 Å². The van der Waals surface area contributed by atoms with Crippen molar-refractivity contribution in [1.29, 1.82) is 0 Å². The summed E-state index contributed by atoms with van der Waals surface area (Å²) in [7, 11) is 1.91. The molecule has 1 aromatic heterocycles. The Kier molecular flexibility index (Phi) is 5.52. The van der Waals surface area contributed by atoms with Crippen LogP contribution in [-0.4, -0.2) is 22.2 Å². The molecule has 112 valence electrons. The molecule has 2 rings (SSSR count). The number of hydrogen-bond donors (Lipinski definition) is 2. The predicted octanol–water partition coefficient (Wildman–Crippen LogP) is 2.47. The number of nitrogens with one attached hydrogen (secondary N) is 2. The van der Waals surface area contributed by atoms with Crippen molar-refractivity contribution in [2.45, 2.75) is 19.9 Å². The second kappa shape index (κ2) is 7.38. The average molecular weight is 351 g/mol. The summed E-state index contributed by atoms with van der Waals surface area (Å²) in [4.78, 5) is 11.9. The number of rotatable bonds is 6. The van der Waals surface area contributed by atoms with E-state index < -0.39 is 0 Å². The van der Waals surface area contributed by atoms with Crippen LogP contribution in [0.3, 0.4) is 0 Å². The summed E-state index contributed by atoms with van der Waals surface area (Å²) in [6, 6.07) is 7.53. The fraction of sp³-hybridized carbons (Fsp3) is 0.333. The lowest BCUT2D eigenvalue weighted by atomic mass is 10.2. The molecular weight excluding hydrogens is 332 g/mol. The third-order valence-electron chi connectivity index (χ3n) is 3.04. The Morgan fingerprint density at radius 1 is 1.43 bits per heavy atom. The first-order valence-electron chi connectivity index (χ1n) is 6.86. The van der Waals surface area contributed by atoms with Gasteiger partial charge in [-0.2, -0.15) is 5.10 Å². The Morgan fingerprint density at radius 2 is 2.24 bits per heavy atom. The molecule has 0 radical (unpaired) electrons. The van der Waals surface area contributed by atoms with Crippen molar-refractivity contribution in [3.05, 3.63) is 46.2 Å². The van der Waals surface area contributed by atoms with Gasteiger partial charge in [0.05, 0.1) is 12.2 Å². The molecule has 6 heteroatoms. The van der Waals surface area contributed by atoms with E-state index in [-0.39, 0.29) is 12.5 Å². The minimum absolute atomic E-state index is 0.0601. The summed E-state index contributed by atoms with van der Waals surface area (Å²) >= 11 is 3.38. The van der Waals surface area contributed by atoms with Gasteiger partial charge in [0, 0.05) is 35.5 Å². The number of nitrogens with zero attached hydrogens (tertiary/aromatic N) is 2. The third-order valence-corrected chi connectivity index (χ3v) is 3.53. The third kappa shape index (κ3) is 4.68. The van der Waals surface area contributed by atoms with Crippen LogP contribution in [0.4, 0.5) is 5.69 Å². The largest absolute Gasteiger partial charge is 0.325 e. The highest BCUT2D eigenvalue weighted by Gasteiger charge is 2.07. The van der Waals surface area contributed by atoms with Gasteiger partial charge in [0.2, 0.25) is 5.91 Å². The predicted molar refractivity (Wildman–Crippen MR) is 87.1 cm³/mol. The molecule has 2 N–H and O–H groups in total. The van der Waals surface area contributed by atoms with Crippen molar-refractivity contribution in [1.82, 2.24) is 15.1 Å². The molecule has 5 nitrogen and oxygen atoms in total. The molecule has 0 saturated carbocycles. The number of benzene rings is 1. The van der Waals surface area contributed by atoms with Gasteiger partial charge in [-0.1, -0.05) is 28.9 Å². The highest BCUT2D eigenvalue weighted by Crippen LogP contribution is 2.15. The number of hydrogen-bond acceptors (Lipinski definition) is 3. The van der Waals surface area contributed by atoms with Crippen LogP contribution in [0, 0.1) is 0 Å². The summed E-state index contributed by atoms with van der Waals surface area (Å²) in [5.74, 6) is -0.0601. The zero-order valence-corrected chi connectivity index (χ0v) is 13.8. The number of aromatic nitrogens is 2. The molecule has 0 aliphatic carbocycles. The van der Waals surface area contributed by atoms with Gasteiger partial charge in [-0.15, -0.1) is 0 Å². The molecule has 0 fully saturated rings. The maximum absolute atomic E-state index is 11.9. The molecule has 21 heavy (non-hydrogen) atoms. The Bertz CT molecular complexity index is 624. The Balaban J connectivity index is 1.81. The molecule has 1 heterocycles. The van der Waals surface area contributed by atoms with Crippen LogP contribution in [0.1, 0.15) is 18.2 Å². The second-order valence-corrected chi connectivity index (χ2v) is 5.71. The van der Waals surface area contributed by atoms with Crippen LogP contribution in [0.25, 0.3) is 0 Å². The van der Waals surface area contributed by atoms with Gasteiger partial charge >= 0.3 is 0 Å². The number of anilines is 1. The van der Waals surface area contributed by atoms with Crippen LogP contribution in [-0.2, 0) is 24.8 Å². The first kappa shape index (κ1) is 15.7. The molecular formula is C15H19BrN4O. The first-order chi connectivity index (χ1) is 10.1. The van der Waals surface area contributed by atoms with E-state index >= 15 is 0 Å². The van der Waals surface area contributed by atoms with Gasteiger partial charge in [-0.3, -0.25) is 9.48 Å². The second-order valence-electron chi connectivity index (χ2n) is 4.79. The first-order valence-corrected chi connectivity index (χ1v) is 7.65. The van der Waals surface area contributed by atoms with Crippen LogP contribution in [0.5, 0.6) is 0 Å². The lowest BCUT2D eigenvalue weighted by Crippen LogP contribution is -2.27.